The van der Waals surface area contributed by atoms with Crippen molar-refractivity contribution in [1.29, 1.82) is 0 Å². The third-order valence-corrected chi connectivity index (χ3v) is 3.47. The fourth-order valence-corrected chi connectivity index (χ4v) is 2.36. The first kappa shape index (κ1) is 12.1. The molecule has 0 saturated heterocycles. The lowest BCUT2D eigenvalue weighted by Gasteiger charge is -2.11. The molecule has 0 aliphatic rings. The monoisotopic (exact) mass is 273 g/mol. The van der Waals surface area contributed by atoms with Gasteiger partial charge in [0.1, 0.15) is 0 Å². The van der Waals surface area contributed by atoms with E-state index in [1.165, 1.54) is 4.90 Å². The minimum atomic E-state index is 0.621. The zero-order chi connectivity index (χ0) is 10.4. The predicted octanol–water partition coefficient (Wildman–Crippen LogP) is 3.54. The van der Waals surface area contributed by atoms with Gasteiger partial charge >= 0.3 is 0 Å². The largest absolute Gasteiger partial charge is 0.316 e. The molecular formula is C11H16BrNS. The third-order valence-electron chi connectivity index (χ3n) is 1.83. The van der Waals surface area contributed by atoms with Crippen molar-refractivity contribution in [2.24, 2.45) is 0 Å². The van der Waals surface area contributed by atoms with Crippen LogP contribution in [0.15, 0.2) is 33.6 Å². The summed E-state index contributed by atoms with van der Waals surface area (Å²) in [6.07, 6.45) is 0. The fraction of sp³-hybridized carbons (Fsp3) is 0.455. The van der Waals surface area contributed by atoms with E-state index in [2.05, 4.69) is 59.4 Å². The highest BCUT2D eigenvalue weighted by molar-refractivity contribution is 9.10. The van der Waals surface area contributed by atoms with Gasteiger partial charge in [-0.3, -0.25) is 0 Å². The van der Waals surface area contributed by atoms with Crippen LogP contribution >= 0.6 is 27.7 Å². The Morgan fingerprint density at radius 3 is 2.57 bits per heavy atom. The van der Waals surface area contributed by atoms with Gasteiger partial charge in [-0.05, 0) is 30.8 Å². The average Bonchev–Trinajstić information content (AvgIpc) is 2.18. The van der Waals surface area contributed by atoms with Crippen LogP contribution in [0.3, 0.4) is 0 Å². The Morgan fingerprint density at radius 1 is 1.36 bits per heavy atom. The summed E-state index contributed by atoms with van der Waals surface area (Å²) in [5.74, 6) is 0. The van der Waals surface area contributed by atoms with E-state index in [4.69, 9.17) is 0 Å². The van der Waals surface area contributed by atoms with E-state index >= 15 is 0 Å². The first-order chi connectivity index (χ1) is 6.72. The van der Waals surface area contributed by atoms with E-state index in [1.54, 1.807) is 0 Å². The van der Waals surface area contributed by atoms with Gasteiger partial charge in [0.25, 0.3) is 0 Å². The number of hydrogen-bond donors (Lipinski definition) is 1. The molecular weight excluding hydrogens is 258 g/mol. The van der Waals surface area contributed by atoms with Gasteiger partial charge in [-0.1, -0.05) is 29.8 Å². The van der Waals surface area contributed by atoms with E-state index in [-0.39, 0.29) is 0 Å². The maximum absolute atomic E-state index is 3.43. The molecule has 0 amide bonds. The maximum atomic E-state index is 3.43. The quantitative estimate of drug-likeness (QED) is 0.824. The topological polar surface area (TPSA) is 12.0 Å². The summed E-state index contributed by atoms with van der Waals surface area (Å²) >= 11 is 5.34. The number of benzene rings is 1. The zero-order valence-electron chi connectivity index (χ0n) is 8.59. The normalized spacial score (nSPS) is 12.8. The van der Waals surface area contributed by atoms with Crippen LogP contribution in [0.25, 0.3) is 0 Å². The van der Waals surface area contributed by atoms with Crippen LogP contribution in [0.5, 0.6) is 0 Å². The molecule has 0 radical (unpaired) electrons. The Kier molecular flexibility index (Phi) is 5.60. The molecule has 0 fully saturated rings. The summed E-state index contributed by atoms with van der Waals surface area (Å²) in [5.41, 5.74) is 0. The van der Waals surface area contributed by atoms with Gasteiger partial charge in [0, 0.05) is 21.2 Å². The molecule has 0 bridgehead atoms. The zero-order valence-corrected chi connectivity index (χ0v) is 11.0. The number of thioether (sulfide) groups is 1. The van der Waals surface area contributed by atoms with E-state index in [0.29, 0.717) is 5.25 Å². The second-order valence-corrected chi connectivity index (χ2v) is 5.62. The Labute approximate surface area is 98.8 Å². The van der Waals surface area contributed by atoms with Crippen LogP contribution in [-0.4, -0.2) is 18.3 Å². The van der Waals surface area contributed by atoms with Crippen LogP contribution < -0.4 is 5.32 Å². The minimum absolute atomic E-state index is 0.621. The summed E-state index contributed by atoms with van der Waals surface area (Å²) in [6.45, 7) is 6.49. The van der Waals surface area contributed by atoms with Crippen molar-refractivity contribution in [3.05, 3.63) is 28.7 Å². The maximum Gasteiger partial charge on any atom is 0.0191 e. The second kappa shape index (κ2) is 6.49. The Morgan fingerprint density at radius 2 is 2.00 bits per heavy atom. The van der Waals surface area contributed by atoms with Crippen LogP contribution in [0.4, 0.5) is 0 Å². The first-order valence-electron chi connectivity index (χ1n) is 4.85. The lowest BCUT2D eigenvalue weighted by atomic mass is 10.4. The average molecular weight is 274 g/mol. The van der Waals surface area contributed by atoms with Crippen LogP contribution in [0.1, 0.15) is 13.8 Å². The summed E-state index contributed by atoms with van der Waals surface area (Å²) in [5, 5.41) is 3.97. The predicted molar refractivity (Wildman–Crippen MR) is 68.0 cm³/mol. The van der Waals surface area contributed by atoms with Gasteiger partial charge in [0.05, 0.1) is 0 Å². The summed E-state index contributed by atoms with van der Waals surface area (Å²) in [6, 6.07) is 8.47. The molecule has 1 aromatic rings. The van der Waals surface area contributed by atoms with Crippen molar-refractivity contribution in [3.63, 3.8) is 0 Å². The van der Waals surface area contributed by atoms with Gasteiger partial charge in [-0.25, -0.2) is 0 Å². The first-order valence-corrected chi connectivity index (χ1v) is 6.52. The molecule has 1 atom stereocenters. The highest BCUT2D eigenvalue weighted by atomic mass is 79.9. The molecule has 0 heterocycles. The van der Waals surface area contributed by atoms with E-state index in [9.17, 15) is 0 Å². The number of hydrogen-bond acceptors (Lipinski definition) is 2. The van der Waals surface area contributed by atoms with E-state index in [0.717, 1.165) is 17.6 Å². The molecule has 3 heteroatoms. The minimum Gasteiger partial charge on any atom is -0.316 e. The van der Waals surface area contributed by atoms with Crippen molar-refractivity contribution in [3.8, 4) is 0 Å². The third kappa shape index (κ3) is 4.49. The number of nitrogens with one attached hydrogen (secondary N) is 1. The smallest absolute Gasteiger partial charge is 0.0191 e. The molecule has 1 nitrogen and oxygen atoms in total. The van der Waals surface area contributed by atoms with Gasteiger partial charge in [0.15, 0.2) is 0 Å². The summed E-state index contributed by atoms with van der Waals surface area (Å²) < 4.78 is 1.14. The standard InChI is InChI=1S/C11H16BrNS/c1-3-13-8-9(2)14-11-6-4-10(12)5-7-11/h4-7,9,13H,3,8H2,1-2H3. The highest BCUT2D eigenvalue weighted by Crippen LogP contribution is 2.24. The van der Waals surface area contributed by atoms with Crippen LogP contribution in [0, 0.1) is 0 Å². The highest BCUT2D eigenvalue weighted by Gasteiger charge is 2.02. The molecule has 1 unspecified atom stereocenters. The van der Waals surface area contributed by atoms with Crippen molar-refractivity contribution < 1.29 is 0 Å². The van der Waals surface area contributed by atoms with Gasteiger partial charge in [-0.15, -0.1) is 11.8 Å². The Hall–Kier alpha value is 0.01000. The van der Waals surface area contributed by atoms with E-state index in [1.807, 2.05) is 11.8 Å². The number of halogens is 1. The lowest BCUT2D eigenvalue weighted by molar-refractivity contribution is 0.713. The van der Waals surface area contributed by atoms with Crippen molar-refractivity contribution in [1.82, 2.24) is 5.32 Å². The van der Waals surface area contributed by atoms with Crippen LogP contribution in [-0.2, 0) is 0 Å². The van der Waals surface area contributed by atoms with E-state index < -0.39 is 0 Å². The number of rotatable bonds is 5. The van der Waals surface area contributed by atoms with Crippen LogP contribution in [0.2, 0.25) is 0 Å². The molecule has 1 N–H and O–H groups in total. The van der Waals surface area contributed by atoms with Crippen molar-refractivity contribution >= 4 is 27.7 Å². The second-order valence-electron chi connectivity index (χ2n) is 3.19. The summed E-state index contributed by atoms with van der Waals surface area (Å²) in [4.78, 5) is 1.33. The molecule has 78 valence electrons. The molecule has 0 aliphatic heterocycles. The van der Waals surface area contributed by atoms with Crippen molar-refractivity contribution in [2.75, 3.05) is 13.1 Å². The molecule has 0 spiro atoms. The van der Waals surface area contributed by atoms with Gasteiger partial charge < -0.3 is 5.32 Å². The summed E-state index contributed by atoms with van der Waals surface area (Å²) in [7, 11) is 0. The molecule has 1 aromatic carbocycles. The molecule has 1 rings (SSSR count). The molecule has 14 heavy (non-hydrogen) atoms. The fourth-order valence-electron chi connectivity index (χ4n) is 1.13. The molecule has 0 saturated carbocycles. The Bertz CT molecular complexity index is 260. The Balaban J connectivity index is 2.39. The molecule has 0 aliphatic carbocycles. The lowest BCUT2D eigenvalue weighted by Crippen LogP contribution is -2.21. The van der Waals surface area contributed by atoms with Gasteiger partial charge in [0.2, 0.25) is 0 Å². The SMILES string of the molecule is CCNCC(C)Sc1ccc(Br)cc1. The molecule has 0 aromatic heterocycles. The van der Waals surface area contributed by atoms with Gasteiger partial charge in [-0.2, -0.15) is 0 Å². The van der Waals surface area contributed by atoms with Crippen molar-refractivity contribution in [2.45, 2.75) is 24.0 Å².